The number of hydrogen-bond acceptors (Lipinski definition) is 3. The largest absolute Gasteiger partial charge is 0.365 e. The Labute approximate surface area is 127 Å². The maximum absolute atomic E-state index is 12.9. The van der Waals surface area contributed by atoms with E-state index in [0.717, 1.165) is 5.56 Å². The predicted octanol–water partition coefficient (Wildman–Crippen LogP) is 2.82. The quantitative estimate of drug-likeness (QED) is 0.892. The Bertz CT molecular complexity index is 718. The van der Waals surface area contributed by atoms with Crippen LogP contribution in [0.1, 0.15) is 44.8 Å². The molecule has 2 N–H and O–H groups in total. The molecule has 5 nitrogen and oxygen atoms in total. The lowest BCUT2D eigenvalue weighted by Crippen LogP contribution is -2.37. The molecule has 0 bridgehead atoms. The molecule has 0 aliphatic carbocycles. The Hall–Kier alpha value is -2.37. The van der Waals surface area contributed by atoms with E-state index in [-0.39, 0.29) is 23.5 Å². The van der Waals surface area contributed by atoms with Crippen LogP contribution in [0.5, 0.6) is 0 Å². The van der Waals surface area contributed by atoms with Gasteiger partial charge in [-0.25, -0.2) is 9.18 Å². The molecule has 0 saturated carbocycles. The third-order valence-electron chi connectivity index (χ3n) is 3.74. The van der Waals surface area contributed by atoms with E-state index >= 15 is 0 Å². The van der Waals surface area contributed by atoms with Crippen molar-refractivity contribution < 1.29 is 4.39 Å². The molecule has 118 valence electrons. The molecule has 0 fully saturated rings. The molecule has 1 aromatic carbocycles. The number of halogens is 1. The zero-order valence-electron chi connectivity index (χ0n) is 12.9. The lowest BCUT2D eigenvalue weighted by atomic mass is 10.1. The molecule has 0 amide bonds. The molecule has 0 radical (unpaired) electrons. The highest BCUT2D eigenvalue weighted by molar-refractivity contribution is 5.36. The van der Waals surface area contributed by atoms with E-state index in [1.807, 2.05) is 20.8 Å². The number of benzene rings is 1. The Kier molecular flexibility index (Phi) is 4.80. The first-order valence-electron chi connectivity index (χ1n) is 7.30. The van der Waals surface area contributed by atoms with Crippen LogP contribution in [0.4, 0.5) is 10.2 Å². The Balaban J connectivity index is 2.25. The second kappa shape index (κ2) is 6.60. The summed E-state index contributed by atoms with van der Waals surface area (Å²) in [4.78, 5) is 26.8. The average molecular weight is 305 g/mol. The Morgan fingerprint density at radius 2 is 1.86 bits per heavy atom. The summed E-state index contributed by atoms with van der Waals surface area (Å²) in [6.07, 6.45) is 0.696. The summed E-state index contributed by atoms with van der Waals surface area (Å²) in [5.74, 6) is 0.0480. The van der Waals surface area contributed by atoms with Gasteiger partial charge >= 0.3 is 5.69 Å². The van der Waals surface area contributed by atoms with Crippen LogP contribution < -0.4 is 16.6 Å². The zero-order valence-corrected chi connectivity index (χ0v) is 12.9. The summed E-state index contributed by atoms with van der Waals surface area (Å²) < 4.78 is 14.1. The van der Waals surface area contributed by atoms with Crippen LogP contribution in [-0.4, -0.2) is 9.55 Å². The topological polar surface area (TPSA) is 66.9 Å². The molecule has 22 heavy (non-hydrogen) atoms. The monoisotopic (exact) mass is 305 g/mol. The van der Waals surface area contributed by atoms with E-state index in [1.54, 1.807) is 12.1 Å². The van der Waals surface area contributed by atoms with Gasteiger partial charge in [-0.15, -0.1) is 0 Å². The van der Waals surface area contributed by atoms with Gasteiger partial charge in [-0.1, -0.05) is 19.1 Å². The van der Waals surface area contributed by atoms with E-state index in [2.05, 4.69) is 10.3 Å². The number of rotatable bonds is 5. The average Bonchev–Trinajstić information content (AvgIpc) is 2.46. The minimum Gasteiger partial charge on any atom is -0.365 e. The van der Waals surface area contributed by atoms with Gasteiger partial charge in [0, 0.05) is 18.2 Å². The lowest BCUT2D eigenvalue weighted by Gasteiger charge is -2.17. The third kappa shape index (κ3) is 3.44. The van der Waals surface area contributed by atoms with Gasteiger partial charge in [0.1, 0.15) is 11.6 Å². The van der Waals surface area contributed by atoms with Gasteiger partial charge in [0.2, 0.25) is 0 Å². The van der Waals surface area contributed by atoms with Crippen molar-refractivity contribution in [1.82, 2.24) is 9.55 Å². The first-order chi connectivity index (χ1) is 10.4. The number of nitrogens with zero attached hydrogens (tertiary/aromatic N) is 1. The Morgan fingerprint density at radius 3 is 2.41 bits per heavy atom. The fourth-order valence-corrected chi connectivity index (χ4v) is 2.25. The molecule has 2 aromatic rings. The number of H-pyrrole nitrogens is 1. The molecular weight excluding hydrogens is 285 g/mol. The minimum atomic E-state index is -0.435. The highest BCUT2D eigenvalue weighted by Gasteiger charge is 2.11. The molecule has 0 saturated heterocycles. The van der Waals surface area contributed by atoms with Gasteiger partial charge in [-0.2, -0.15) is 0 Å². The first kappa shape index (κ1) is 16.0. The normalized spacial score (nSPS) is 13.6. The van der Waals surface area contributed by atoms with Gasteiger partial charge in [-0.05, 0) is 38.0 Å². The fraction of sp³-hybridized carbons (Fsp3) is 0.375. The first-order valence-corrected chi connectivity index (χ1v) is 7.30. The number of nitrogens with one attached hydrogen (secondary N) is 2. The van der Waals surface area contributed by atoms with Crippen molar-refractivity contribution in [2.45, 2.75) is 39.3 Å². The molecular formula is C16H20FN3O2. The van der Waals surface area contributed by atoms with Crippen LogP contribution in [0.25, 0.3) is 0 Å². The van der Waals surface area contributed by atoms with E-state index in [9.17, 15) is 14.0 Å². The fourth-order valence-electron chi connectivity index (χ4n) is 2.25. The Morgan fingerprint density at radius 1 is 1.23 bits per heavy atom. The summed E-state index contributed by atoms with van der Waals surface area (Å²) in [5.41, 5.74) is 0.0796. The van der Waals surface area contributed by atoms with Crippen LogP contribution in [0.3, 0.4) is 0 Å². The van der Waals surface area contributed by atoms with Crippen molar-refractivity contribution in [1.29, 1.82) is 0 Å². The molecule has 0 aliphatic rings. The van der Waals surface area contributed by atoms with Crippen molar-refractivity contribution in [2.24, 2.45) is 0 Å². The summed E-state index contributed by atoms with van der Waals surface area (Å²) in [5, 5.41) is 3.05. The van der Waals surface area contributed by atoms with Crippen LogP contribution in [0, 0.1) is 5.82 Å². The summed E-state index contributed by atoms with van der Waals surface area (Å²) in [6.45, 7) is 5.61. The van der Waals surface area contributed by atoms with Crippen LogP contribution >= 0.6 is 0 Å². The van der Waals surface area contributed by atoms with E-state index in [4.69, 9.17) is 0 Å². The molecule has 6 heteroatoms. The van der Waals surface area contributed by atoms with E-state index < -0.39 is 5.69 Å². The van der Waals surface area contributed by atoms with Crippen molar-refractivity contribution in [3.63, 3.8) is 0 Å². The molecule has 2 unspecified atom stereocenters. The molecule has 2 rings (SSSR count). The molecule has 0 aliphatic heterocycles. The maximum Gasteiger partial charge on any atom is 0.330 e. The van der Waals surface area contributed by atoms with Crippen molar-refractivity contribution in [3.8, 4) is 0 Å². The number of hydrogen-bond donors (Lipinski definition) is 2. The smallest absolute Gasteiger partial charge is 0.330 e. The van der Waals surface area contributed by atoms with E-state index in [0.29, 0.717) is 12.2 Å². The summed E-state index contributed by atoms with van der Waals surface area (Å²) in [7, 11) is 0. The van der Waals surface area contributed by atoms with Crippen LogP contribution in [0.2, 0.25) is 0 Å². The summed E-state index contributed by atoms with van der Waals surface area (Å²) in [6, 6.07) is 7.11. The molecule has 0 spiro atoms. The molecule has 1 heterocycles. The maximum atomic E-state index is 12.9. The minimum absolute atomic E-state index is 0.153. The zero-order chi connectivity index (χ0) is 16.3. The second-order valence-corrected chi connectivity index (χ2v) is 5.37. The van der Waals surface area contributed by atoms with Crippen LogP contribution in [0.15, 0.2) is 39.9 Å². The number of aromatic nitrogens is 2. The van der Waals surface area contributed by atoms with Crippen molar-refractivity contribution in [2.75, 3.05) is 5.32 Å². The van der Waals surface area contributed by atoms with Crippen molar-refractivity contribution in [3.05, 3.63) is 62.6 Å². The van der Waals surface area contributed by atoms with Gasteiger partial charge in [0.05, 0.1) is 0 Å². The number of aromatic amines is 1. The van der Waals surface area contributed by atoms with Gasteiger partial charge in [-0.3, -0.25) is 14.3 Å². The molecule has 1 aromatic heterocycles. The third-order valence-corrected chi connectivity index (χ3v) is 3.74. The lowest BCUT2D eigenvalue weighted by molar-refractivity contribution is 0.490. The highest BCUT2D eigenvalue weighted by atomic mass is 19.1. The summed E-state index contributed by atoms with van der Waals surface area (Å²) >= 11 is 0. The van der Waals surface area contributed by atoms with Gasteiger partial charge in [0.15, 0.2) is 0 Å². The highest BCUT2D eigenvalue weighted by Crippen LogP contribution is 2.17. The van der Waals surface area contributed by atoms with E-state index in [1.165, 1.54) is 22.8 Å². The SMILES string of the molecule is CCC(C)n1c(=O)cc(NC(C)c2ccc(F)cc2)[nH]c1=O. The van der Waals surface area contributed by atoms with Gasteiger partial charge < -0.3 is 5.32 Å². The number of anilines is 1. The molecule has 2 atom stereocenters. The standard InChI is InChI=1S/C16H20FN3O2/c1-4-10(2)20-15(21)9-14(19-16(20)22)18-11(3)12-5-7-13(17)8-6-12/h5-11,18H,4H2,1-3H3,(H,19,22). The van der Waals surface area contributed by atoms with Crippen molar-refractivity contribution >= 4 is 5.82 Å². The van der Waals surface area contributed by atoms with Crippen LogP contribution in [-0.2, 0) is 0 Å². The van der Waals surface area contributed by atoms with Gasteiger partial charge in [0.25, 0.3) is 5.56 Å². The predicted molar refractivity (Wildman–Crippen MR) is 84.8 cm³/mol. The second-order valence-electron chi connectivity index (χ2n) is 5.37.